The van der Waals surface area contributed by atoms with E-state index in [1.807, 2.05) is 0 Å². The summed E-state index contributed by atoms with van der Waals surface area (Å²) in [6.07, 6.45) is 0. The SMILES string of the molecule is CC(C)(C)c1ccccc1N1c2cc(N(c3ccccc3)c3cccc4c3oc3c(-c5ccccc5)cccc34)cc3c2B(c2cccc(C(C)(C)C)c21)c1cccc(C(C)(C)C)c1N3c1ccccc1C(C)(C)C. The van der Waals surface area contributed by atoms with Gasteiger partial charge in [-0.15, -0.1) is 0 Å². The summed E-state index contributed by atoms with van der Waals surface area (Å²) in [6.45, 7) is 28.3. The van der Waals surface area contributed by atoms with Crippen molar-refractivity contribution in [1.82, 2.24) is 0 Å². The van der Waals surface area contributed by atoms with Gasteiger partial charge in [-0.3, -0.25) is 0 Å². The predicted octanol–water partition coefficient (Wildman–Crippen LogP) is 18.0. The summed E-state index contributed by atoms with van der Waals surface area (Å²) in [7, 11) is 0. The molecule has 0 amide bonds. The van der Waals surface area contributed by atoms with Crippen molar-refractivity contribution >= 4 is 96.2 Å². The van der Waals surface area contributed by atoms with E-state index in [9.17, 15) is 0 Å². The Morgan fingerprint density at radius 1 is 0.373 bits per heavy atom. The van der Waals surface area contributed by atoms with Gasteiger partial charge in [-0.05, 0) is 108 Å². The topological polar surface area (TPSA) is 22.9 Å². The third kappa shape index (κ3) is 7.88. The number of hydrogen-bond donors (Lipinski definition) is 0. The third-order valence-corrected chi connectivity index (χ3v) is 15.7. The zero-order chi connectivity index (χ0) is 52.3. The van der Waals surface area contributed by atoms with Gasteiger partial charge in [0.05, 0.1) is 11.4 Å². The number of nitrogens with zero attached hydrogens (tertiary/aromatic N) is 3. The van der Waals surface area contributed by atoms with Crippen LogP contribution in [-0.4, -0.2) is 6.71 Å². The van der Waals surface area contributed by atoms with Gasteiger partial charge in [0.2, 0.25) is 0 Å². The van der Waals surface area contributed by atoms with Gasteiger partial charge in [0.25, 0.3) is 6.71 Å². The van der Waals surface area contributed by atoms with Crippen LogP contribution in [0.25, 0.3) is 33.1 Å². The van der Waals surface area contributed by atoms with Crippen LogP contribution in [0.4, 0.5) is 51.2 Å². The molecule has 2 aliphatic rings. The average Bonchev–Trinajstić information content (AvgIpc) is 3.78. The Bertz CT molecular complexity index is 3690. The first kappa shape index (κ1) is 48.2. The zero-order valence-corrected chi connectivity index (χ0v) is 45.8. The smallest absolute Gasteiger partial charge is 0.252 e. The Hall–Kier alpha value is -7.76. The Morgan fingerprint density at radius 2 is 0.800 bits per heavy atom. The number of benzene rings is 9. The van der Waals surface area contributed by atoms with Crippen molar-refractivity contribution in [3.63, 3.8) is 0 Å². The number of fused-ring (bicyclic) bond motifs is 7. The molecule has 3 heterocycles. The number of anilines is 9. The summed E-state index contributed by atoms with van der Waals surface area (Å²) in [4.78, 5) is 7.79. The predicted molar refractivity (Wildman–Crippen MR) is 323 cm³/mol. The number of furan rings is 1. The lowest BCUT2D eigenvalue weighted by molar-refractivity contribution is 0.587. The van der Waals surface area contributed by atoms with Gasteiger partial charge in [0.15, 0.2) is 5.58 Å². The van der Waals surface area contributed by atoms with Gasteiger partial charge < -0.3 is 19.1 Å². The van der Waals surface area contributed by atoms with Crippen molar-refractivity contribution in [3.8, 4) is 11.1 Å². The van der Waals surface area contributed by atoms with Gasteiger partial charge in [0.1, 0.15) is 5.58 Å². The van der Waals surface area contributed by atoms with E-state index >= 15 is 0 Å². The molecule has 0 aliphatic carbocycles. The molecule has 0 saturated carbocycles. The highest BCUT2D eigenvalue weighted by molar-refractivity contribution is 7.00. The van der Waals surface area contributed by atoms with Crippen LogP contribution >= 0.6 is 0 Å². The van der Waals surface area contributed by atoms with Crippen molar-refractivity contribution in [3.05, 3.63) is 216 Å². The second kappa shape index (κ2) is 17.4. The number of hydrogen-bond acceptors (Lipinski definition) is 4. The van der Waals surface area contributed by atoms with E-state index in [4.69, 9.17) is 4.42 Å². The Kier molecular flexibility index (Phi) is 11.2. The van der Waals surface area contributed by atoms with Crippen LogP contribution in [0.5, 0.6) is 0 Å². The summed E-state index contributed by atoms with van der Waals surface area (Å²) < 4.78 is 7.31. The van der Waals surface area contributed by atoms with Crippen molar-refractivity contribution < 1.29 is 4.42 Å². The van der Waals surface area contributed by atoms with Crippen molar-refractivity contribution in [2.75, 3.05) is 14.7 Å². The first-order chi connectivity index (χ1) is 35.8. The quantitative estimate of drug-likeness (QED) is 0.155. The van der Waals surface area contributed by atoms with Crippen LogP contribution in [0.15, 0.2) is 199 Å². The standard InChI is InChI=1S/C70H68BN3O/c1-67(2,3)51-34-19-21-40-57(51)73-60-43-47(72(46-29-17-14-18-30-46)59-42-24-33-50-49-32-23-31-48(65(49)75-66(50)59)45-27-15-13-16-28-45)44-61-62(60)71(55-38-25-36-53(63(55)73)69(7,8)9)56-39-26-37-54(70(10,11)12)64(56)74(61)58-41-22-20-35-52(58)68(4,5)6/h13-44H,1-12H3. The number of para-hydroxylation sites is 7. The number of rotatable bonds is 6. The monoisotopic (exact) mass is 978 g/mol. The first-order valence-corrected chi connectivity index (χ1v) is 26.9. The molecule has 5 heteroatoms. The van der Waals surface area contributed by atoms with Gasteiger partial charge in [0, 0.05) is 56.1 Å². The molecule has 12 rings (SSSR count). The maximum absolute atomic E-state index is 7.31. The first-order valence-electron chi connectivity index (χ1n) is 26.9. The largest absolute Gasteiger partial charge is 0.453 e. The molecule has 0 spiro atoms. The zero-order valence-electron chi connectivity index (χ0n) is 45.8. The molecule has 9 aromatic carbocycles. The Labute approximate surface area is 445 Å². The minimum absolute atomic E-state index is 0.0739. The highest BCUT2D eigenvalue weighted by Crippen LogP contribution is 2.54. The maximum Gasteiger partial charge on any atom is 0.252 e. The molecule has 10 aromatic rings. The molecular weight excluding hydrogens is 910 g/mol. The molecule has 0 radical (unpaired) electrons. The summed E-state index contributed by atoms with van der Waals surface area (Å²) in [6, 6.07) is 72.3. The van der Waals surface area contributed by atoms with Crippen LogP contribution < -0.4 is 31.1 Å². The van der Waals surface area contributed by atoms with Crippen molar-refractivity contribution in [2.24, 2.45) is 0 Å². The van der Waals surface area contributed by atoms with Crippen LogP contribution in [0.2, 0.25) is 0 Å². The lowest BCUT2D eigenvalue weighted by Gasteiger charge is -2.48. The Balaban J connectivity index is 1.27. The van der Waals surface area contributed by atoms with Crippen molar-refractivity contribution in [2.45, 2.75) is 105 Å². The van der Waals surface area contributed by atoms with Crippen LogP contribution in [0, 0.1) is 0 Å². The Morgan fingerprint density at radius 3 is 1.31 bits per heavy atom. The van der Waals surface area contributed by atoms with E-state index in [0.29, 0.717) is 0 Å². The van der Waals surface area contributed by atoms with Crippen molar-refractivity contribution in [1.29, 1.82) is 0 Å². The van der Waals surface area contributed by atoms with E-state index in [-0.39, 0.29) is 28.4 Å². The molecule has 0 fully saturated rings. The summed E-state index contributed by atoms with van der Waals surface area (Å²) in [5, 5.41) is 2.17. The normalized spacial score (nSPS) is 13.5. The van der Waals surface area contributed by atoms with E-state index in [1.165, 1.54) is 72.8 Å². The summed E-state index contributed by atoms with van der Waals surface area (Å²) >= 11 is 0. The van der Waals surface area contributed by atoms with Crippen LogP contribution in [0.1, 0.15) is 105 Å². The molecule has 2 aliphatic heterocycles. The van der Waals surface area contributed by atoms with E-state index in [2.05, 4.69) is 292 Å². The van der Waals surface area contributed by atoms with Crippen LogP contribution in [-0.2, 0) is 21.7 Å². The molecule has 0 saturated heterocycles. The molecule has 4 nitrogen and oxygen atoms in total. The van der Waals surface area contributed by atoms with Crippen LogP contribution in [0.3, 0.4) is 0 Å². The highest BCUT2D eigenvalue weighted by Gasteiger charge is 2.48. The molecule has 75 heavy (non-hydrogen) atoms. The minimum atomic E-state index is -0.188. The van der Waals surface area contributed by atoms with E-state index in [1.54, 1.807) is 0 Å². The maximum atomic E-state index is 7.31. The lowest BCUT2D eigenvalue weighted by atomic mass is 9.33. The fraction of sp³-hybridized carbons (Fsp3) is 0.229. The van der Waals surface area contributed by atoms with Gasteiger partial charge >= 0.3 is 0 Å². The second-order valence-corrected chi connectivity index (χ2v) is 25.0. The summed E-state index contributed by atoms with van der Waals surface area (Å²) in [5.74, 6) is 0. The fourth-order valence-corrected chi connectivity index (χ4v) is 12.4. The van der Waals surface area contributed by atoms with Gasteiger partial charge in [-0.25, -0.2) is 0 Å². The molecule has 1 aromatic heterocycles. The summed E-state index contributed by atoms with van der Waals surface area (Å²) in [5.41, 5.74) is 22.7. The fourth-order valence-electron chi connectivity index (χ4n) is 12.4. The highest BCUT2D eigenvalue weighted by atomic mass is 16.3. The molecular formula is C70H68BN3O. The average molecular weight is 978 g/mol. The minimum Gasteiger partial charge on any atom is -0.453 e. The van der Waals surface area contributed by atoms with E-state index < -0.39 is 0 Å². The lowest BCUT2D eigenvalue weighted by Crippen LogP contribution is -2.62. The van der Waals surface area contributed by atoms with E-state index in [0.717, 1.165) is 50.1 Å². The third-order valence-electron chi connectivity index (χ3n) is 15.7. The van der Waals surface area contributed by atoms with Gasteiger partial charge in [-0.2, -0.15) is 0 Å². The van der Waals surface area contributed by atoms with Gasteiger partial charge in [-0.1, -0.05) is 235 Å². The molecule has 0 unspecified atom stereocenters. The molecule has 0 bridgehead atoms. The second-order valence-electron chi connectivity index (χ2n) is 25.0. The molecule has 0 atom stereocenters. The molecule has 0 N–H and O–H groups in total. The molecule has 372 valence electrons.